The second-order valence-corrected chi connectivity index (χ2v) is 14.4. The highest BCUT2D eigenvalue weighted by molar-refractivity contribution is 8.00. The van der Waals surface area contributed by atoms with E-state index in [-0.39, 0.29) is 23.5 Å². The van der Waals surface area contributed by atoms with Crippen LogP contribution in [0.4, 0.5) is 10.7 Å². The first-order chi connectivity index (χ1) is 22.0. The van der Waals surface area contributed by atoms with Crippen LogP contribution < -0.4 is 9.46 Å². The molecule has 0 saturated heterocycles. The number of benzene rings is 3. The largest absolute Gasteiger partial charge is 0.478 e. The number of rotatable bonds is 10. The number of hydrogen-bond donors (Lipinski definition) is 2. The maximum absolute atomic E-state index is 13.2. The lowest BCUT2D eigenvalue weighted by Gasteiger charge is -2.31. The number of carbonyl (C=O) groups excluding carboxylic acids is 1. The molecule has 0 saturated carbocycles. The Hall–Kier alpha value is -4.57. The predicted molar refractivity (Wildman–Crippen MR) is 187 cm³/mol. The van der Waals surface area contributed by atoms with Gasteiger partial charge in [-0.2, -0.15) is 4.98 Å². The van der Waals surface area contributed by atoms with Crippen molar-refractivity contribution in [1.82, 2.24) is 14.9 Å². The van der Waals surface area contributed by atoms with Gasteiger partial charge in [0.25, 0.3) is 0 Å². The number of aromatic carboxylic acids is 1. The number of aromatic nitrogens is 2. The number of nitrogens with zero attached hydrogens (tertiary/aromatic N) is 3. The fraction of sp³-hybridized carbons (Fsp3) is 0.351. The third kappa shape index (κ3) is 9.48. The van der Waals surface area contributed by atoms with Crippen LogP contribution in [0.5, 0.6) is 5.88 Å². The highest BCUT2D eigenvalue weighted by atomic mass is 32.2. The lowest BCUT2D eigenvalue weighted by atomic mass is 9.86. The zero-order chi connectivity index (χ0) is 34.5. The first kappa shape index (κ1) is 35.3. The van der Waals surface area contributed by atoms with Gasteiger partial charge in [-0.05, 0) is 92.4 Å². The first-order valence-electron chi connectivity index (χ1n) is 15.4. The average Bonchev–Trinajstić information content (AvgIpc) is 2.99. The standard InChI is InChI=1S/C37H44N4O5S/c1-23-12-10-13-24(2)32(23)29-21-31(39-34(38-29)40-47-28-15-11-14-26(20-28)33(42)43)45-22-30(41(9)35(44)46-37(6,7)8)25-16-18-27(19-17-25)36(3,4)5/h10-21,30H,22H2,1-9H3,(H,42,43)(H,38,39,40). The fourth-order valence-corrected chi connectivity index (χ4v) is 5.58. The molecular formula is C37H44N4O5S. The summed E-state index contributed by atoms with van der Waals surface area (Å²) >= 11 is 1.20. The summed E-state index contributed by atoms with van der Waals surface area (Å²) in [5.41, 5.74) is 5.28. The number of carbonyl (C=O) groups is 2. The molecule has 248 valence electrons. The van der Waals surface area contributed by atoms with E-state index in [4.69, 9.17) is 14.5 Å². The van der Waals surface area contributed by atoms with Gasteiger partial charge in [0.1, 0.15) is 12.2 Å². The van der Waals surface area contributed by atoms with Gasteiger partial charge in [0.15, 0.2) is 0 Å². The molecule has 0 radical (unpaired) electrons. The lowest BCUT2D eigenvalue weighted by molar-refractivity contribution is 0.0170. The summed E-state index contributed by atoms with van der Waals surface area (Å²) in [6, 6.07) is 22.2. The van der Waals surface area contributed by atoms with E-state index >= 15 is 0 Å². The van der Waals surface area contributed by atoms with E-state index in [2.05, 4.69) is 42.6 Å². The van der Waals surface area contributed by atoms with Crippen LogP contribution in [0.15, 0.2) is 77.7 Å². The van der Waals surface area contributed by atoms with Crippen molar-refractivity contribution in [1.29, 1.82) is 0 Å². The van der Waals surface area contributed by atoms with E-state index in [1.807, 2.05) is 65.0 Å². The number of hydrogen-bond acceptors (Lipinski definition) is 8. The van der Waals surface area contributed by atoms with Gasteiger partial charge in [-0.15, -0.1) is 0 Å². The minimum Gasteiger partial charge on any atom is -0.478 e. The monoisotopic (exact) mass is 656 g/mol. The quantitative estimate of drug-likeness (QED) is 0.162. The van der Waals surface area contributed by atoms with Crippen molar-refractivity contribution in [3.8, 4) is 17.1 Å². The molecule has 0 aliphatic heterocycles. The second-order valence-electron chi connectivity index (χ2n) is 13.5. The maximum Gasteiger partial charge on any atom is 0.410 e. The van der Waals surface area contributed by atoms with Crippen LogP contribution in [-0.2, 0) is 10.2 Å². The first-order valence-corrected chi connectivity index (χ1v) is 16.2. The molecule has 0 fully saturated rings. The van der Waals surface area contributed by atoms with E-state index in [1.165, 1.54) is 23.6 Å². The number of amides is 1. The number of carboxylic acids is 1. The SMILES string of the molecule is Cc1cccc(C)c1-c1cc(OCC(c2ccc(C(C)(C)C)cc2)N(C)C(=O)OC(C)(C)C)nc(NSc2cccc(C(=O)O)c2)n1. The number of likely N-dealkylation sites (N-methyl/N-ethyl adjacent to an activating group) is 1. The van der Waals surface area contributed by atoms with Crippen LogP contribution in [0.1, 0.15) is 80.2 Å². The minimum atomic E-state index is -1.00. The van der Waals surface area contributed by atoms with Gasteiger partial charge in [-0.1, -0.05) is 69.3 Å². The van der Waals surface area contributed by atoms with Gasteiger partial charge in [0, 0.05) is 23.6 Å². The Morgan fingerprint density at radius 1 is 0.915 bits per heavy atom. The summed E-state index contributed by atoms with van der Waals surface area (Å²) in [6.07, 6.45) is -0.466. The minimum absolute atomic E-state index is 0.0248. The van der Waals surface area contributed by atoms with Gasteiger partial charge < -0.3 is 19.5 Å². The third-order valence-electron chi connectivity index (χ3n) is 7.48. The van der Waals surface area contributed by atoms with Crippen LogP contribution in [0.2, 0.25) is 0 Å². The molecule has 47 heavy (non-hydrogen) atoms. The number of nitrogens with one attached hydrogen (secondary N) is 1. The Kier molecular flexibility index (Phi) is 10.9. The molecule has 2 N–H and O–H groups in total. The molecule has 10 heteroatoms. The Balaban J connectivity index is 1.69. The molecule has 0 aliphatic rings. The van der Waals surface area contributed by atoms with Crippen molar-refractivity contribution >= 4 is 30.0 Å². The van der Waals surface area contributed by atoms with Crippen molar-refractivity contribution in [3.05, 3.63) is 101 Å². The highest BCUT2D eigenvalue weighted by Gasteiger charge is 2.28. The summed E-state index contributed by atoms with van der Waals surface area (Å²) in [7, 11) is 1.71. The van der Waals surface area contributed by atoms with Crippen molar-refractivity contribution in [2.75, 3.05) is 18.4 Å². The molecule has 4 aromatic rings. The van der Waals surface area contributed by atoms with Crippen molar-refractivity contribution < 1.29 is 24.2 Å². The Labute approximate surface area is 281 Å². The average molecular weight is 657 g/mol. The van der Waals surface area contributed by atoms with Gasteiger partial charge in [0.2, 0.25) is 11.8 Å². The molecule has 1 amide bonds. The van der Waals surface area contributed by atoms with Crippen molar-refractivity contribution in [3.63, 3.8) is 0 Å². The molecule has 0 spiro atoms. The van der Waals surface area contributed by atoms with Gasteiger partial charge in [0.05, 0.1) is 17.3 Å². The van der Waals surface area contributed by atoms with Crippen LogP contribution >= 0.6 is 11.9 Å². The van der Waals surface area contributed by atoms with Crippen LogP contribution in [0.3, 0.4) is 0 Å². The van der Waals surface area contributed by atoms with Gasteiger partial charge in [-0.3, -0.25) is 4.72 Å². The van der Waals surface area contributed by atoms with E-state index < -0.39 is 23.7 Å². The normalized spacial score (nSPS) is 12.3. The molecule has 9 nitrogen and oxygen atoms in total. The smallest absolute Gasteiger partial charge is 0.410 e. The van der Waals surface area contributed by atoms with Gasteiger partial charge in [-0.25, -0.2) is 14.6 Å². The molecule has 1 heterocycles. The third-order valence-corrected chi connectivity index (χ3v) is 8.25. The number of anilines is 1. The molecule has 1 aromatic heterocycles. The van der Waals surface area contributed by atoms with Crippen molar-refractivity contribution in [2.45, 2.75) is 77.3 Å². The van der Waals surface area contributed by atoms with E-state index in [0.717, 1.165) is 22.3 Å². The Bertz CT molecular complexity index is 1710. The molecule has 0 aliphatic carbocycles. The molecule has 4 rings (SSSR count). The topological polar surface area (TPSA) is 114 Å². The number of carboxylic acid groups (broad SMARTS) is 1. The van der Waals surface area contributed by atoms with E-state index in [0.29, 0.717) is 16.5 Å². The summed E-state index contributed by atoms with van der Waals surface area (Å²) in [6.45, 7) is 16.1. The molecule has 1 unspecified atom stereocenters. The highest BCUT2D eigenvalue weighted by Crippen LogP contribution is 2.32. The summed E-state index contributed by atoms with van der Waals surface area (Å²) in [4.78, 5) is 36.4. The zero-order valence-electron chi connectivity index (χ0n) is 28.5. The zero-order valence-corrected chi connectivity index (χ0v) is 29.4. The summed E-state index contributed by atoms with van der Waals surface area (Å²) < 4.78 is 15.2. The number of ether oxygens (including phenoxy) is 2. The van der Waals surface area contributed by atoms with Crippen LogP contribution in [-0.4, -0.2) is 51.3 Å². The number of aryl methyl sites for hydroxylation is 2. The fourth-order valence-electron chi connectivity index (χ4n) is 4.95. The maximum atomic E-state index is 13.2. The summed E-state index contributed by atoms with van der Waals surface area (Å²) in [5.74, 6) is -0.401. The molecule has 0 bridgehead atoms. The van der Waals surface area contributed by atoms with Crippen LogP contribution in [0, 0.1) is 13.8 Å². The Morgan fingerprint density at radius 2 is 1.55 bits per heavy atom. The van der Waals surface area contributed by atoms with Gasteiger partial charge >= 0.3 is 12.1 Å². The molecule has 3 aromatic carbocycles. The predicted octanol–water partition coefficient (Wildman–Crippen LogP) is 8.86. The van der Waals surface area contributed by atoms with E-state index in [1.54, 1.807) is 36.2 Å². The van der Waals surface area contributed by atoms with Crippen LogP contribution in [0.25, 0.3) is 11.3 Å². The summed E-state index contributed by atoms with van der Waals surface area (Å²) in [5, 5.41) is 9.41. The Morgan fingerprint density at radius 3 is 2.15 bits per heavy atom. The van der Waals surface area contributed by atoms with Crippen molar-refractivity contribution in [2.24, 2.45) is 0 Å². The molecule has 1 atom stereocenters. The molecular weight excluding hydrogens is 612 g/mol. The van der Waals surface area contributed by atoms with E-state index in [9.17, 15) is 14.7 Å². The second kappa shape index (κ2) is 14.5. The lowest BCUT2D eigenvalue weighted by Crippen LogP contribution is -2.38.